The molecule has 7 nitrogen and oxygen atoms in total. The van der Waals surface area contributed by atoms with Crippen molar-refractivity contribution in [1.29, 1.82) is 0 Å². The van der Waals surface area contributed by atoms with Crippen LogP contribution in [0.1, 0.15) is 10.4 Å². The average Bonchev–Trinajstić information content (AvgIpc) is 3.14. The smallest absolute Gasteiger partial charge is 0.338 e. The minimum atomic E-state index is -1.33. The number of rotatable bonds is 4. The Kier molecular flexibility index (Phi) is 3.43. The minimum Gasteiger partial charge on any atom is -0.478 e. The van der Waals surface area contributed by atoms with Crippen molar-refractivity contribution in [3.63, 3.8) is 0 Å². The summed E-state index contributed by atoms with van der Waals surface area (Å²) in [6.45, 7) is 0. The second-order valence-electron chi connectivity index (χ2n) is 4.31. The van der Waals surface area contributed by atoms with Crippen LogP contribution in [0.5, 0.6) is 0 Å². The van der Waals surface area contributed by atoms with E-state index in [1.54, 1.807) is 17.5 Å². The second kappa shape index (κ2) is 5.41. The van der Waals surface area contributed by atoms with Crippen molar-refractivity contribution in [2.24, 2.45) is 0 Å². The molecule has 0 saturated heterocycles. The lowest BCUT2D eigenvalue weighted by Crippen LogP contribution is -2.09. The fraction of sp³-hybridized carbons (Fsp3) is 0. The topological polar surface area (TPSA) is 114 Å². The molecule has 0 fully saturated rings. The highest BCUT2D eigenvalue weighted by molar-refractivity contribution is 7.11. The van der Waals surface area contributed by atoms with Crippen molar-refractivity contribution in [3.05, 3.63) is 46.2 Å². The third kappa shape index (κ3) is 2.35. The predicted molar refractivity (Wildman–Crippen MR) is 78.2 cm³/mol. The van der Waals surface area contributed by atoms with Gasteiger partial charge >= 0.3 is 11.9 Å². The minimum absolute atomic E-state index is 0.224. The number of fused-ring (bicyclic) bond motifs is 1. The van der Waals surface area contributed by atoms with E-state index < -0.39 is 11.9 Å². The molecule has 8 heteroatoms. The van der Waals surface area contributed by atoms with Gasteiger partial charge in [-0.15, -0.1) is 11.3 Å². The van der Waals surface area contributed by atoms with Crippen LogP contribution in [0.4, 0.5) is 0 Å². The molecule has 1 aromatic carbocycles. The van der Waals surface area contributed by atoms with E-state index in [0.29, 0.717) is 15.9 Å². The molecule has 0 spiro atoms. The Balaban J connectivity index is 2.29. The molecule has 0 amide bonds. The molecule has 2 aromatic heterocycles. The van der Waals surface area contributed by atoms with Crippen molar-refractivity contribution in [3.8, 4) is 0 Å². The van der Waals surface area contributed by atoms with Crippen LogP contribution < -0.4 is 0 Å². The number of thiophene rings is 1. The van der Waals surface area contributed by atoms with Crippen LogP contribution >= 0.6 is 11.3 Å². The molecule has 2 N–H and O–H groups in total. The Bertz CT molecular complexity index is 895. The molecule has 22 heavy (non-hydrogen) atoms. The quantitative estimate of drug-likeness (QED) is 0.710. The summed E-state index contributed by atoms with van der Waals surface area (Å²) in [6, 6.07) is 7.66. The summed E-state index contributed by atoms with van der Waals surface area (Å²) in [4.78, 5) is 23.6. The van der Waals surface area contributed by atoms with Gasteiger partial charge in [-0.05, 0) is 39.5 Å². The Morgan fingerprint density at radius 2 is 1.73 bits per heavy atom. The number of aliphatic carboxylic acids is 2. The molecular weight excluding hydrogens is 308 g/mol. The van der Waals surface area contributed by atoms with Crippen molar-refractivity contribution < 1.29 is 24.4 Å². The number of benzene rings is 1. The molecule has 0 aliphatic carbocycles. The fourth-order valence-corrected chi connectivity index (χ4v) is 2.84. The molecule has 0 aliphatic heterocycles. The molecule has 3 aromatic rings. The normalized spacial score (nSPS) is 12.2. The van der Waals surface area contributed by atoms with E-state index in [1.165, 1.54) is 18.2 Å². The van der Waals surface area contributed by atoms with Crippen LogP contribution in [-0.4, -0.2) is 32.5 Å². The summed E-state index contributed by atoms with van der Waals surface area (Å²) >= 11 is 1.16. The predicted octanol–water partition coefficient (Wildman–Crippen LogP) is 2.36. The van der Waals surface area contributed by atoms with Gasteiger partial charge in [0.1, 0.15) is 11.0 Å². The van der Waals surface area contributed by atoms with Crippen LogP contribution in [0, 0.1) is 0 Å². The zero-order chi connectivity index (χ0) is 15.7. The van der Waals surface area contributed by atoms with Crippen molar-refractivity contribution in [2.45, 2.75) is 0 Å². The summed E-state index contributed by atoms with van der Waals surface area (Å²) in [5, 5.41) is 27.9. The second-order valence-corrected chi connectivity index (χ2v) is 5.25. The van der Waals surface area contributed by atoms with E-state index in [1.807, 2.05) is 0 Å². The third-order valence-electron chi connectivity index (χ3n) is 2.99. The Morgan fingerprint density at radius 1 is 1.00 bits per heavy atom. The molecule has 110 valence electrons. The van der Waals surface area contributed by atoms with Gasteiger partial charge in [-0.3, -0.25) is 0 Å². The molecule has 0 saturated carbocycles. The SMILES string of the molecule is O=C(O)/C(=C(\C(=O)O)c1cccs1)c1ccc2nonc2c1. The van der Waals surface area contributed by atoms with Gasteiger partial charge in [-0.25, -0.2) is 14.2 Å². The maximum Gasteiger partial charge on any atom is 0.338 e. The highest BCUT2D eigenvalue weighted by Crippen LogP contribution is 2.31. The number of nitrogens with zero attached hydrogens (tertiary/aromatic N) is 2. The molecule has 0 unspecified atom stereocenters. The van der Waals surface area contributed by atoms with Gasteiger partial charge < -0.3 is 10.2 Å². The number of carbonyl (C=O) groups is 2. The molecule has 2 heterocycles. The average molecular weight is 316 g/mol. The molecule has 0 radical (unpaired) electrons. The van der Waals surface area contributed by atoms with E-state index >= 15 is 0 Å². The number of carboxylic acid groups (broad SMARTS) is 2. The van der Waals surface area contributed by atoms with Gasteiger partial charge in [0, 0.05) is 4.88 Å². The number of carboxylic acids is 2. The summed E-state index contributed by atoms with van der Waals surface area (Å²) in [6.07, 6.45) is 0. The lowest BCUT2D eigenvalue weighted by Gasteiger charge is -2.07. The van der Waals surface area contributed by atoms with Gasteiger partial charge in [0.2, 0.25) is 0 Å². The molecule has 3 rings (SSSR count). The first-order valence-electron chi connectivity index (χ1n) is 6.05. The maximum atomic E-state index is 11.6. The summed E-state index contributed by atoms with van der Waals surface area (Å²) < 4.78 is 4.56. The maximum absolute atomic E-state index is 11.6. The van der Waals surface area contributed by atoms with Crippen molar-refractivity contribution >= 4 is 45.5 Å². The number of hydrogen-bond acceptors (Lipinski definition) is 6. The molecule has 0 atom stereocenters. The van der Waals surface area contributed by atoms with Crippen LogP contribution in [0.15, 0.2) is 40.3 Å². The van der Waals surface area contributed by atoms with Gasteiger partial charge in [-0.1, -0.05) is 12.1 Å². The van der Waals surface area contributed by atoms with Gasteiger partial charge in [0.15, 0.2) is 0 Å². The largest absolute Gasteiger partial charge is 0.478 e. The zero-order valence-electron chi connectivity index (χ0n) is 10.9. The third-order valence-corrected chi connectivity index (χ3v) is 3.88. The number of hydrogen-bond donors (Lipinski definition) is 2. The van der Waals surface area contributed by atoms with Crippen LogP contribution in [0.2, 0.25) is 0 Å². The lowest BCUT2D eigenvalue weighted by molar-refractivity contribution is -0.132. The first-order chi connectivity index (χ1) is 10.6. The Morgan fingerprint density at radius 3 is 2.36 bits per heavy atom. The highest BCUT2D eigenvalue weighted by atomic mass is 32.1. The summed E-state index contributed by atoms with van der Waals surface area (Å²) in [5.74, 6) is -2.64. The van der Waals surface area contributed by atoms with E-state index in [0.717, 1.165) is 11.3 Å². The number of aromatic nitrogens is 2. The van der Waals surface area contributed by atoms with Crippen molar-refractivity contribution in [1.82, 2.24) is 10.3 Å². The molecule has 0 aliphatic rings. The van der Waals surface area contributed by atoms with E-state index in [2.05, 4.69) is 14.9 Å². The first kappa shape index (κ1) is 14.0. The first-order valence-corrected chi connectivity index (χ1v) is 6.93. The van der Waals surface area contributed by atoms with Gasteiger partial charge in [-0.2, -0.15) is 0 Å². The standard InChI is InChI=1S/C14H8N2O5S/c17-13(18)11(12(14(19)20)10-2-1-5-22-10)7-3-4-8-9(6-7)16-21-15-8/h1-6H,(H,17,18)(H,19,20)/b12-11-. The van der Waals surface area contributed by atoms with E-state index in [9.17, 15) is 19.8 Å². The summed E-state index contributed by atoms with van der Waals surface area (Å²) in [7, 11) is 0. The zero-order valence-corrected chi connectivity index (χ0v) is 11.7. The van der Waals surface area contributed by atoms with Crippen LogP contribution in [0.25, 0.3) is 22.2 Å². The van der Waals surface area contributed by atoms with Gasteiger partial charge in [0.05, 0.1) is 11.1 Å². The fourth-order valence-electron chi connectivity index (χ4n) is 2.07. The van der Waals surface area contributed by atoms with Crippen LogP contribution in [-0.2, 0) is 9.59 Å². The van der Waals surface area contributed by atoms with E-state index in [4.69, 9.17) is 0 Å². The van der Waals surface area contributed by atoms with Gasteiger partial charge in [0.25, 0.3) is 0 Å². The Hall–Kier alpha value is -3.00. The molecular formula is C14H8N2O5S. The highest BCUT2D eigenvalue weighted by Gasteiger charge is 2.24. The lowest BCUT2D eigenvalue weighted by atomic mass is 9.98. The monoisotopic (exact) mass is 316 g/mol. The van der Waals surface area contributed by atoms with Crippen molar-refractivity contribution in [2.75, 3.05) is 0 Å². The Labute approximate surface area is 127 Å². The summed E-state index contributed by atoms with van der Waals surface area (Å²) in [5.41, 5.74) is 0.466. The van der Waals surface area contributed by atoms with Crippen LogP contribution in [0.3, 0.4) is 0 Å². The molecule has 0 bridgehead atoms. The van der Waals surface area contributed by atoms with E-state index in [-0.39, 0.29) is 16.7 Å².